The van der Waals surface area contributed by atoms with Gasteiger partial charge in [-0.15, -0.1) is 0 Å². The van der Waals surface area contributed by atoms with Crippen molar-refractivity contribution in [2.24, 2.45) is 5.92 Å². The van der Waals surface area contributed by atoms with Gasteiger partial charge in [0.2, 0.25) is 0 Å². The van der Waals surface area contributed by atoms with Crippen molar-refractivity contribution in [3.05, 3.63) is 29.3 Å². The third-order valence-electron chi connectivity index (χ3n) is 4.49. The number of hydrogen-bond donors (Lipinski definition) is 1. The molecule has 1 aromatic carbocycles. The number of methoxy groups -OCH3 is 1. The number of nitrogens with one attached hydrogen (secondary N) is 1. The van der Waals surface area contributed by atoms with Crippen LogP contribution in [0.3, 0.4) is 0 Å². The molecule has 0 radical (unpaired) electrons. The summed E-state index contributed by atoms with van der Waals surface area (Å²) < 4.78 is 5.05. The van der Waals surface area contributed by atoms with Crippen LogP contribution in [-0.4, -0.2) is 33.9 Å². The molecule has 0 heterocycles. The van der Waals surface area contributed by atoms with E-state index in [4.69, 9.17) is 4.74 Å². The first kappa shape index (κ1) is 16.3. The van der Waals surface area contributed by atoms with Gasteiger partial charge in [-0.3, -0.25) is 0 Å². The lowest BCUT2D eigenvalue weighted by Gasteiger charge is -2.25. The van der Waals surface area contributed by atoms with Crippen LogP contribution in [-0.2, 0) is 11.3 Å². The van der Waals surface area contributed by atoms with E-state index >= 15 is 0 Å². The minimum Gasteiger partial charge on any atom is -0.383 e. The Hall–Kier alpha value is -1.06. The summed E-state index contributed by atoms with van der Waals surface area (Å²) in [5.41, 5.74) is 4.10. The predicted octanol–water partition coefficient (Wildman–Crippen LogP) is 3.36. The average molecular weight is 290 g/mol. The molecule has 0 atom stereocenters. The van der Waals surface area contributed by atoms with Crippen molar-refractivity contribution in [3.8, 4) is 0 Å². The van der Waals surface area contributed by atoms with Crippen LogP contribution in [0.5, 0.6) is 0 Å². The van der Waals surface area contributed by atoms with E-state index in [1.165, 1.54) is 49.0 Å². The molecular weight excluding hydrogens is 260 g/mol. The van der Waals surface area contributed by atoms with Gasteiger partial charge in [-0.05, 0) is 42.9 Å². The molecule has 0 aromatic heterocycles. The molecule has 0 aliphatic heterocycles. The first-order chi connectivity index (χ1) is 10.2. The van der Waals surface area contributed by atoms with Crippen LogP contribution < -0.4 is 10.2 Å². The smallest absolute Gasteiger partial charge is 0.0587 e. The summed E-state index contributed by atoms with van der Waals surface area (Å²) in [5.74, 6) is 0.893. The number of aryl methyl sites for hydroxylation is 1. The predicted molar refractivity (Wildman–Crippen MR) is 90.0 cm³/mol. The van der Waals surface area contributed by atoms with Crippen LogP contribution in [0.4, 0.5) is 5.69 Å². The summed E-state index contributed by atoms with van der Waals surface area (Å²) in [4.78, 5) is 2.44. The summed E-state index contributed by atoms with van der Waals surface area (Å²) in [6, 6.07) is 6.82. The normalized spacial score (nSPS) is 15.6. The second kappa shape index (κ2) is 8.40. The maximum atomic E-state index is 5.05. The first-order valence-corrected chi connectivity index (χ1v) is 8.21. The fourth-order valence-electron chi connectivity index (χ4n) is 3.34. The quantitative estimate of drug-likeness (QED) is 0.743. The molecule has 0 saturated heterocycles. The molecule has 0 bridgehead atoms. The SMILES string of the molecule is COCCNCc1ccc(N(C)CC2CCCC2)c(C)c1. The van der Waals surface area contributed by atoms with Gasteiger partial charge in [0, 0.05) is 39.5 Å². The summed E-state index contributed by atoms with van der Waals surface area (Å²) in [7, 11) is 3.97. The Balaban J connectivity index is 1.88. The van der Waals surface area contributed by atoms with Gasteiger partial charge in [0.05, 0.1) is 6.61 Å². The summed E-state index contributed by atoms with van der Waals surface area (Å²) >= 11 is 0. The zero-order chi connectivity index (χ0) is 15.1. The highest BCUT2D eigenvalue weighted by molar-refractivity contribution is 5.54. The molecular formula is C18H30N2O. The highest BCUT2D eigenvalue weighted by Crippen LogP contribution is 2.28. The minimum absolute atomic E-state index is 0.765. The van der Waals surface area contributed by atoms with E-state index in [1.54, 1.807) is 7.11 Å². The van der Waals surface area contributed by atoms with Gasteiger partial charge in [0.25, 0.3) is 0 Å². The zero-order valence-corrected chi connectivity index (χ0v) is 13.8. The van der Waals surface area contributed by atoms with Crippen molar-refractivity contribution in [3.63, 3.8) is 0 Å². The molecule has 1 aliphatic carbocycles. The lowest BCUT2D eigenvalue weighted by atomic mass is 10.1. The largest absolute Gasteiger partial charge is 0.383 e. The van der Waals surface area contributed by atoms with Crippen molar-refractivity contribution in [2.75, 3.05) is 38.8 Å². The molecule has 2 rings (SSSR count). The van der Waals surface area contributed by atoms with Crippen LogP contribution in [0.15, 0.2) is 18.2 Å². The van der Waals surface area contributed by atoms with E-state index < -0.39 is 0 Å². The minimum atomic E-state index is 0.765. The van der Waals surface area contributed by atoms with E-state index in [2.05, 4.69) is 42.4 Å². The summed E-state index contributed by atoms with van der Waals surface area (Å²) in [6.07, 6.45) is 5.66. The molecule has 3 heteroatoms. The zero-order valence-electron chi connectivity index (χ0n) is 13.8. The second-order valence-electron chi connectivity index (χ2n) is 6.32. The highest BCUT2D eigenvalue weighted by atomic mass is 16.5. The van der Waals surface area contributed by atoms with Gasteiger partial charge in [0.1, 0.15) is 0 Å². The lowest BCUT2D eigenvalue weighted by Crippen LogP contribution is -2.25. The molecule has 3 nitrogen and oxygen atoms in total. The van der Waals surface area contributed by atoms with Crippen LogP contribution >= 0.6 is 0 Å². The Morgan fingerprint density at radius 1 is 1.29 bits per heavy atom. The van der Waals surface area contributed by atoms with E-state index in [0.717, 1.165) is 25.6 Å². The van der Waals surface area contributed by atoms with Crippen molar-refractivity contribution in [1.29, 1.82) is 0 Å². The van der Waals surface area contributed by atoms with E-state index in [-0.39, 0.29) is 0 Å². The maximum absolute atomic E-state index is 5.05. The van der Waals surface area contributed by atoms with Crippen molar-refractivity contribution in [1.82, 2.24) is 5.32 Å². The third-order valence-corrected chi connectivity index (χ3v) is 4.49. The van der Waals surface area contributed by atoms with Crippen molar-refractivity contribution < 1.29 is 4.74 Å². The van der Waals surface area contributed by atoms with Crippen LogP contribution in [0.1, 0.15) is 36.8 Å². The fourth-order valence-corrected chi connectivity index (χ4v) is 3.34. The first-order valence-electron chi connectivity index (χ1n) is 8.21. The molecule has 1 saturated carbocycles. The Morgan fingerprint density at radius 2 is 2.05 bits per heavy atom. The fraction of sp³-hybridized carbons (Fsp3) is 0.667. The Bertz CT molecular complexity index is 427. The third kappa shape index (κ3) is 5.01. The van der Waals surface area contributed by atoms with Gasteiger partial charge in [0.15, 0.2) is 0 Å². The van der Waals surface area contributed by atoms with E-state index in [9.17, 15) is 0 Å². The van der Waals surface area contributed by atoms with Crippen LogP contribution in [0.25, 0.3) is 0 Å². The molecule has 1 fully saturated rings. The standard InChI is InChI=1S/C18H30N2O/c1-15-12-17(13-19-10-11-21-3)8-9-18(15)20(2)14-16-6-4-5-7-16/h8-9,12,16,19H,4-7,10-11,13-14H2,1-3H3. The highest BCUT2D eigenvalue weighted by Gasteiger charge is 2.17. The number of ether oxygens (including phenoxy) is 1. The second-order valence-corrected chi connectivity index (χ2v) is 6.32. The molecule has 118 valence electrons. The summed E-state index contributed by atoms with van der Waals surface area (Å²) in [6.45, 7) is 6.00. The topological polar surface area (TPSA) is 24.5 Å². The Morgan fingerprint density at radius 3 is 2.71 bits per heavy atom. The summed E-state index contributed by atoms with van der Waals surface area (Å²) in [5, 5.41) is 3.40. The Kier molecular flexibility index (Phi) is 6.52. The number of benzene rings is 1. The molecule has 1 aromatic rings. The van der Waals surface area contributed by atoms with Gasteiger partial charge in [-0.25, -0.2) is 0 Å². The maximum Gasteiger partial charge on any atom is 0.0587 e. The lowest BCUT2D eigenvalue weighted by molar-refractivity contribution is 0.199. The molecule has 1 aliphatic rings. The van der Waals surface area contributed by atoms with Gasteiger partial charge >= 0.3 is 0 Å². The van der Waals surface area contributed by atoms with Gasteiger partial charge < -0.3 is 15.0 Å². The van der Waals surface area contributed by atoms with Crippen molar-refractivity contribution >= 4 is 5.69 Å². The number of anilines is 1. The molecule has 0 unspecified atom stereocenters. The average Bonchev–Trinajstić information content (AvgIpc) is 2.96. The van der Waals surface area contributed by atoms with Crippen molar-refractivity contribution in [2.45, 2.75) is 39.2 Å². The van der Waals surface area contributed by atoms with Gasteiger partial charge in [-0.2, -0.15) is 0 Å². The molecule has 0 amide bonds. The Labute approximate surface area is 129 Å². The van der Waals surface area contributed by atoms with E-state index in [1.807, 2.05) is 0 Å². The molecule has 0 spiro atoms. The number of rotatable bonds is 8. The van der Waals surface area contributed by atoms with Crippen LogP contribution in [0, 0.1) is 12.8 Å². The number of hydrogen-bond acceptors (Lipinski definition) is 3. The van der Waals surface area contributed by atoms with E-state index in [0.29, 0.717) is 0 Å². The number of nitrogens with zero attached hydrogens (tertiary/aromatic N) is 1. The monoisotopic (exact) mass is 290 g/mol. The molecule has 1 N–H and O–H groups in total. The van der Waals surface area contributed by atoms with Crippen LogP contribution in [0.2, 0.25) is 0 Å². The molecule has 21 heavy (non-hydrogen) atoms. The van der Waals surface area contributed by atoms with Gasteiger partial charge in [-0.1, -0.05) is 25.0 Å².